The Morgan fingerprint density at radius 2 is 1.82 bits per heavy atom. The maximum Gasteiger partial charge on any atom is 0.254 e. The lowest BCUT2D eigenvalue weighted by molar-refractivity contribution is -0.120. The Morgan fingerprint density at radius 3 is 2.46 bits per heavy atom. The van der Waals surface area contributed by atoms with E-state index in [0.29, 0.717) is 17.7 Å². The van der Waals surface area contributed by atoms with Crippen molar-refractivity contribution in [3.63, 3.8) is 0 Å². The zero-order chi connectivity index (χ0) is 20.1. The number of carbonyl (C=O) groups is 2. The summed E-state index contributed by atoms with van der Waals surface area (Å²) in [5.41, 5.74) is 7.63. The molecule has 2 amide bonds. The molecule has 1 fully saturated rings. The monoisotopic (exact) mass is 379 g/mol. The normalized spacial score (nSPS) is 18.5. The second-order valence-corrected chi connectivity index (χ2v) is 7.77. The molecule has 0 aliphatic carbocycles. The molecule has 2 unspecified atom stereocenters. The van der Waals surface area contributed by atoms with Gasteiger partial charge in [-0.1, -0.05) is 43.7 Å². The first kappa shape index (κ1) is 20.1. The summed E-state index contributed by atoms with van der Waals surface area (Å²) >= 11 is 0. The number of hydrogen-bond donors (Lipinski definition) is 2. The number of nitrogens with two attached hydrogens (primary N) is 1. The lowest BCUT2D eigenvalue weighted by Gasteiger charge is -2.25. The fourth-order valence-corrected chi connectivity index (χ4v) is 3.80. The Hall–Kier alpha value is -2.66. The molecule has 1 aliphatic heterocycles. The van der Waals surface area contributed by atoms with Gasteiger partial charge in [0.05, 0.1) is 11.6 Å². The fourth-order valence-electron chi connectivity index (χ4n) is 3.80. The molecule has 1 aliphatic rings. The fraction of sp³-hybridized carbons (Fsp3) is 0.391. The van der Waals surface area contributed by atoms with Crippen molar-refractivity contribution in [1.82, 2.24) is 4.90 Å². The van der Waals surface area contributed by atoms with Crippen LogP contribution in [0.1, 0.15) is 61.5 Å². The lowest BCUT2D eigenvalue weighted by atomic mass is 9.96. The van der Waals surface area contributed by atoms with E-state index in [1.165, 1.54) is 5.56 Å². The van der Waals surface area contributed by atoms with E-state index in [1.54, 1.807) is 31.2 Å². The number of hydrogen-bond acceptors (Lipinski definition) is 3. The molecule has 0 radical (unpaired) electrons. The Morgan fingerprint density at radius 1 is 1.14 bits per heavy atom. The van der Waals surface area contributed by atoms with Crippen molar-refractivity contribution in [2.75, 3.05) is 11.9 Å². The number of nitrogens with zero attached hydrogens (tertiary/aromatic N) is 1. The Balaban J connectivity index is 1.69. The second-order valence-electron chi connectivity index (χ2n) is 7.77. The summed E-state index contributed by atoms with van der Waals surface area (Å²) in [4.78, 5) is 27.3. The predicted molar refractivity (Wildman–Crippen MR) is 112 cm³/mol. The van der Waals surface area contributed by atoms with Gasteiger partial charge >= 0.3 is 0 Å². The largest absolute Gasteiger partial charge is 0.332 e. The van der Waals surface area contributed by atoms with Crippen LogP contribution < -0.4 is 11.1 Å². The zero-order valence-corrected chi connectivity index (χ0v) is 16.7. The number of likely N-dealkylation sites (tertiary alicyclic amines) is 1. The van der Waals surface area contributed by atoms with Crippen LogP contribution in [0.5, 0.6) is 0 Å². The van der Waals surface area contributed by atoms with Gasteiger partial charge in [0.15, 0.2) is 0 Å². The second kappa shape index (κ2) is 8.57. The summed E-state index contributed by atoms with van der Waals surface area (Å²) in [5, 5.41) is 2.85. The summed E-state index contributed by atoms with van der Waals surface area (Å²) in [6, 6.07) is 17.4. The molecule has 1 heterocycles. The molecule has 3 N–H and O–H groups in total. The Labute approximate surface area is 166 Å². The molecule has 0 bridgehead atoms. The van der Waals surface area contributed by atoms with E-state index in [4.69, 9.17) is 5.73 Å². The van der Waals surface area contributed by atoms with E-state index in [0.717, 1.165) is 25.8 Å². The quantitative estimate of drug-likeness (QED) is 0.793. The topological polar surface area (TPSA) is 75.4 Å². The Bertz CT molecular complexity index is 816. The number of benzene rings is 2. The molecule has 0 spiro atoms. The van der Waals surface area contributed by atoms with Gasteiger partial charge in [0.1, 0.15) is 0 Å². The molecule has 2 aromatic rings. The van der Waals surface area contributed by atoms with E-state index in [-0.39, 0.29) is 17.9 Å². The maximum absolute atomic E-state index is 13.0. The van der Waals surface area contributed by atoms with Crippen LogP contribution in [0.25, 0.3) is 0 Å². The van der Waals surface area contributed by atoms with Crippen molar-refractivity contribution >= 4 is 17.5 Å². The third kappa shape index (κ3) is 4.42. The number of anilines is 1. The smallest absolute Gasteiger partial charge is 0.254 e. The van der Waals surface area contributed by atoms with Crippen molar-refractivity contribution < 1.29 is 9.59 Å². The first-order valence-corrected chi connectivity index (χ1v) is 9.98. The zero-order valence-electron chi connectivity index (χ0n) is 16.7. The minimum Gasteiger partial charge on any atom is -0.332 e. The van der Waals surface area contributed by atoms with Gasteiger partial charge in [-0.2, -0.15) is 0 Å². The first-order chi connectivity index (χ1) is 13.4. The molecule has 0 saturated carbocycles. The Kier molecular flexibility index (Phi) is 6.15. The summed E-state index contributed by atoms with van der Waals surface area (Å²) < 4.78 is 0. The van der Waals surface area contributed by atoms with Gasteiger partial charge in [0, 0.05) is 17.8 Å². The van der Waals surface area contributed by atoms with Gasteiger partial charge in [0.2, 0.25) is 5.91 Å². The molecular weight excluding hydrogens is 350 g/mol. The van der Waals surface area contributed by atoms with Crippen molar-refractivity contribution in [1.29, 1.82) is 0 Å². The third-order valence-corrected chi connectivity index (χ3v) is 5.38. The highest BCUT2D eigenvalue weighted by molar-refractivity contribution is 5.99. The number of amides is 2. The molecule has 0 aromatic heterocycles. The van der Waals surface area contributed by atoms with E-state index in [9.17, 15) is 9.59 Å². The molecule has 2 aromatic carbocycles. The maximum atomic E-state index is 13.0. The highest BCUT2D eigenvalue weighted by atomic mass is 16.2. The molecule has 5 heteroatoms. The number of carbonyl (C=O) groups excluding carboxylic acids is 2. The first-order valence-electron chi connectivity index (χ1n) is 9.98. The molecule has 28 heavy (non-hydrogen) atoms. The van der Waals surface area contributed by atoms with Crippen LogP contribution in [0.3, 0.4) is 0 Å². The minimum absolute atomic E-state index is 0.0267. The van der Waals surface area contributed by atoms with Crippen LogP contribution in [0.15, 0.2) is 54.6 Å². The lowest BCUT2D eigenvalue weighted by Crippen LogP contribution is -2.48. The third-order valence-electron chi connectivity index (χ3n) is 5.38. The highest BCUT2D eigenvalue weighted by Crippen LogP contribution is 2.33. The van der Waals surface area contributed by atoms with Crippen LogP contribution in [0, 0.1) is 0 Å². The van der Waals surface area contributed by atoms with Gasteiger partial charge in [-0.25, -0.2) is 0 Å². The van der Waals surface area contributed by atoms with E-state index >= 15 is 0 Å². The average molecular weight is 380 g/mol. The summed E-state index contributed by atoms with van der Waals surface area (Å²) in [6.45, 7) is 4.50. The molecule has 3 rings (SSSR count). The van der Waals surface area contributed by atoms with Crippen molar-refractivity contribution in [3.8, 4) is 0 Å². The van der Waals surface area contributed by atoms with E-state index in [1.807, 2.05) is 30.0 Å². The van der Waals surface area contributed by atoms with Gasteiger partial charge < -0.3 is 16.0 Å². The van der Waals surface area contributed by atoms with Crippen LogP contribution in [-0.4, -0.2) is 28.8 Å². The van der Waals surface area contributed by atoms with Crippen LogP contribution in [0.2, 0.25) is 0 Å². The van der Waals surface area contributed by atoms with Gasteiger partial charge in [0.25, 0.3) is 5.91 Å². The molecular formula is C23H29N3O2. The van der Waals surface area contributed by atoms with Crippen LogP contribution >= 0.6 is 0 Å². The molecule has 5 nitrogen and oxygen atoms in total. The van der Waals surface area contributed by atoms with Crippen molar-refractivity contribution in [3.05, 3.63) is 65.7 Å². The van der Waals surface area contributed by atoms with E-state index in [2.05, 4.69) is 17.4 Å². The standard InChI is InChI=1S/C23H29N3O2/c1-3-15-23(2,24)22(28)25-19-13-11-18(12-14-19)21(27)26-16-7-10-20(26)17-8-5-4-6-9-17/h4-6,8-9,11-14,20H,3,7,10,15-16,24H2,1-2H3,(H,25,28). The summed E-state index contributed by atoms with van der Waals surface area (Å²) in [6.07, 6.45) is 3.44. The van der Waals surface area contributed by atoms with Gasteiger partial charge in [-0.15, -0.1) is 0 Å². The van der Waals surface area contributed by atoms with Crippen molar-refractivity contribution in [2.24, 2.45) is 5.73 Å². The minimum atomic E-state index is -0.901. The predicted octanol–water partition coefficient (Wildman–Crippen LogP) is 4.12. The summed E-state index contributed by atoms with van der Waals surface area (Å²) in [5.74, 6) is -0.184. The van der Waals surface area contributed by atoms with E-state index < -0.39 is 5.54 Å². The molecule has 148 valence electrons. The van der Waals surface area contributed by atoms with Gasteiger partial charge in [-0.05, 0) is 56.0 Å². The van der Waals surface area contributed by atoms with Gasteiger partial charge in [-0.3, -0.25) is 9.59 Å². The van der Waals surface area contributed by atoms with Crippen molar-refractivity contribution in [2.45, 2.75) is 51.1 Å². The number of rotatable bonds is 6. The SMILES string of the molecule is CCCC(C)(N)C(=O)Nc1ccc(C(=O)N2CCCC2c2ccccc2)cc1. The van der Waals surface area contributed by atoms with Crippen LogP contribution in [0.4, 0.5) is 5.69 Å². The average Bonchev–Trinajstić information content (AvgIpc) is 3.18. The summed E-state index contributed by atoms with van der Waals surface area (Å²) in [7, 11) is 0. The molecule has 2 atom stereocenters. The highest BCUT2D eigenvalue weighted by Gasteiger charge is 2.31. The van der Waals surface area contributed by atoms with Crippen LogP contribution in [-0.2, 0) is 4.79 Å². The molecule has 1 saturated heterocycles. The number of nitrogens with one attached hydrogen (secondary N) is 1.